The van der Waals surface area contributed by atoms with Crippen LogP contribution in [0.2, 0.25) is 0 Å². The summed E-state index contributed by atoms with van der Waals surface area (Å²) in [5.74, 6) is 0.775. The number of aromatic nitrogens is 1. The predicted octanol–water partition coefficient (Wildman–Crippen LogP) is 4.88. The summed E-state index contributed by atoms with van der Waals surface area (Å²) in [6.45, 7) is 4.08. The quantitative estimate of drug-likeness (QED) is 0.367. The Morgan fingerprint density at radius 3 is 2.60 bits per heavy atom. The van der Waals surface area contributed by atoms with Gasteiger partial charge in [0.1, 0.15) is 17.9 Å². The van der Waals surface area contributed by atoms with Crippen LogP contribution in [0.3, 0.4) is 0 Å². The fraction of sp³-hybridized carbons (Fsp3) is 0.0500. The molecule has 2 aromatic carbocycles. The molecule has 3 aromatic rings. The summed E-state index contributed by atoms with van der Waals surface area (Å²) in [7, 11) is 0. The molecule has 0 bridgehead atoms. The summed E-state index contributed by atoms with van der Waals surface area (Å²) in [5, 5.41) is 11.9. The van der Waals surface area contributed by atoms with Gasteiger partial charge in [0.25, 0.3) is 5.69 Å². The summed E-state index contributed by atoms with van der Waals surface area (Å²) >= 11 is 0. The lowest BCUT2D eigenvalue weighted by atomic mass is 10.1. The lowest BCUT2D eigenvalue weighted by molar-refractivity contribution is -0.383. The second-order valence-corrected chi connectivity index (χ2v) is 5.34. The van der Waals surface area contributed by atoms with Crippen LogP contribution in [-0.2, 0) is 0 Å². The average Bonchev–Trinajstić information content (AvgIpc) is 2.64. The van der Waals surface area contributed by atoms with E-state index in [9.17, 15) is 10.1 Å². The lowest BCUT2D eigenvalue weighted by Gasteiger charge is -2.03. The van der Waals surface area contributed by atoms with Gasteiger partial charge in [-0.15, -0.1) is 0 Å². The minimum atomic E-state index is -0.412. The van der Waals surface area contributed by atoms with E-state index >= 15 is 0 Å². The molecule has 0 aliphatic carbocycles. The number of fused-ring (bicyclic) bond motifs is 1. The number of para-hydroxylation sites is 1. The summed E-state index contributed by atoms with van der Waals surface area (Å²) in [5.41, 5.74) is 2.04. The zero-order valence-corrected chi connectivity index (χ0v) is 13.5. The smallest absolute Gasteiger partial charge is 0.295 e. The van der Waals surface area contributed by atoms with Crippen molar-refractivity contribution in [2.45, 2.75) is 0 Å². The number of rotatable bonds is 6. The Hall–Kier alpha value is -3.47. The number of hydrogen-bond donors (Lipinski definition) is 0. The van der Waals surface area contributed by atoms with E-state index < -0.39 is 4.92 Å². The lowest BCUT2D eigenvalue weighted by Crippen LogP contribution is -1.92. The molecule has 3 rings (SSSR count). The van der Waals surface area contributed by atoms with Crippen LogP contribution in [0.1, 0.15) is 11.3 Å². The Morgan fingerprint density at radius 2 is 1.88 bits per heavy atom. The van der Waals surface area contributed by atoms with Crippen LogP contribution in [0.15, 0.2) is 67.3 Å². The molecule has 5 nitrogen and oxygen atoms in total. The van der Waals surface area contributed by atoms with Crippen molar-refractivity contribution in [3.8, 4) is 5.75 Å². The van der Waals surface area contributed by atoms with Crippen LogP contribution >= 0.6 is 0 Å². The fourth-order valence-electron chi connectivity index (χ4n) is 2.40. The molecule has 0 saturated heterocycles. The molecular formula is C20H16N2O3. The van der Waals surface area contributed by atoms with Gasteiger partial charge in [-0.1, -0.05) is 49.1 Å². The fourth-order valence-corrected chi connectivity index (χ4v) is 2.40. The number of non-ortho nitro benzene ring substituents is 1. The molecule has 0 fully saturated rings. The van der Waals surface area contributed by atoms with Gasteiger partial charge in [0.05, 0.1) is 10.6 Å². The zero-order chi connectivity index (χ0) is 17.6. The van der Waals surface area contributed by atoms with Gasteiger partial charge in [0, 0.05) is 11.5 Å². The number of ether oxygens (including phenoxy) is 1. The Bertz CT molecular complexity index is 947. The average molecular weight is 332 g/mol. The Morgan fingerprint density at radius 1 is 1.08 bits per heavy atom. The number of nitro groups is 1. The third-order valence-electron chi connectivity index (χ3n) is 3.61. The van der Waals surface area contributed by atoms with E-state index in [1.807, 2.05) is 54.6 Å². The molecule has 1 heterocycles. The molecular weight excluding hydrogens is 316 g/mol. The molecule has 0 amide bonds. The van der Waals surface area contributed by atoms with Gasteiger partial charge in [0.2, 0.25) is 0 Å². The molecule has 0 radical (unpaired) electrons. The zero-order valence-electron chi connectivity index (χ0n) is 13.5. The molecule has 0 aliphatic heterocycles. The summed E-state index contributed by atoms with van der Waals surface area (Å²) in [6, 6.07) is 16.2. The Kier molecular flexibility index (Phi) is 4.85. The third kappa shape index (κ3) is 3.90. The van der Waals surface area contributed by atoms with Crippen LogP contribution in [0.4, 0.5) is 5.69 Å². The van der Waals surface area contributed by atoms with Crippen molar-refractivity contribution in [3.05, 3.63) is 88.6 Å². The highest BCUT2D eigenvalue weighted by molar-refractivity contribution is 5.88. The number of hydrogen-bond acceptors (Lipinski definition) is 4. The SMILES string of the molecule is C=CCOc1ccc(/C=C/c2ccc3cccc([N+](=O)[O-])c3n2)cc1. The number of nitro benzene ring substituents is 1. The van der Waals surface area contributed by atoms with Crippen LogP contribution in [0.5, 0.6) is 5.75 Å². The van der Waals surface area contributed by atoms with Crippen molar-refractivity contribution >= 4 is 28.7 Å². The first kappa shape index (κ1) is 16.4. The van der Waals surface area contributed by atoms with Crippen LogP contribution in [0, 0.1) is 10.1 Å². The predicted molar refractivity (Wildman–Crippen MR) is 99.5 cm³/mol. The standard InChI is InChI=1S/C20H16N2O3/c1-2-14-25-18-12-7-15(8-13-18)6-10-17-11-9-16-4-3-5-19(22(23)24)20(16)21-17/h2-13H,1,14H2/b10-6+. The van der Waals surface area contributed by atoms with E-state index in [0.29, 0.717) is 17.8 Å². The van der Waals surface area contributed by atoms with Gasteiger partial charge in [-0.25, -0.2) is 4.98 Å². The van der Waals surface area contributed by atoms with Gasteiger partial charge in [-0.3, -0.25) is 10.1 Å². The van der Waals surface area contributed by atoms with E-state index in [1.54, 1.807) is 12.1 Å². The maximum Gasteiger partial charge on any atom is 0.295 e. The maximum atomic E-state index is 11.1. The van der Waals surface area contributed by atoms with Crippen molar-refractivity contribution < 1.29 is 9.66 Å². The minimum absolute atomic E-state index is 0.0106. The second kappa shape index (κ2) is 7.40. The number of nitrogens with zero attached hydrogens (tertiary/aromatic N) is 2. The van der Waals surface area contributed by atoms with Crippen LogP contribution in [0.25, 0.3) is 23.1 Å². The van der Waals surface area contributed by atoms with Gasteiger partial charge in [-0.05, 0) is 29.8 Å². The molecule has 124 valence electrons. The van der Waals surface area contributed by atoms with Crippen LogP contribution in [-0.4, -0.2) is 16.5 Å². The van der Waals surface area contributed by atoms with E-state index in [-0.39, 0.29) is 5.69 Å². The van der Waals surface area contributed by atoms with Crippen molar-refractivity contribution in [1.29, 1.82) is 0 Å². The third-order valence-corrected chi connectivity index (χ3v) is 3.61. The van der Waals surface area contributed by atoms with E-state index in [1.165, 1.54) is 6.07 Å². The van der Waals surface area contributed by atoms with Crippen molar-refractivity contribution in [2.75, 3.05) is 6.61 Å². The normalized spacial score (nSPS) is 10.9. The van der Waals surface area contributed by atoms with E-state index in [2.05, 4.69) is 11.6 Å². The first-order valence-electron chi connectivity index (χ1n) is 7.73. The second-order valence-electron chi connectivity index (χ2n) is 5.34. The molecule has 0 aliphatic rings. The van der Waals surface area contributed by atoms with Gasteiger partial charge in [0.15, 0.2) is 0 Å². The van der Waals surface area contributed by atoms with Gasteiger partial charge in [-0.2, -0.15) is 0 Å². The van der Waals surface area contributed by atoms with Gasteiger partial charge >= 0.3 is 0 Å². The highest BCUT2D eigenvalue weighted by Gasteiger charge is 2.12. The highest BCUT2D eigenvalue weighted by atomic mass is 16.6. The van der Waals surface area contributed by atoms with Crippen molar-refractivity contribution in [2.24, 2.45) is 0 Å². The van der Waals surface area contributed by atoms with Gasteiger partial charge < -0.3 is 4.74 Å². The maximum absolute atomic E-state index is 11.1. The first-order chi connectivity index (χ1) is 12.2. The van der Waals surface area contributed by atoms with Crippen molar-refractivity contribution in [1.82, 2.24) is 4.98 Å². The largest absolute Gasteiger partial charge is 0.490 e. The number of pyridine rings is 1. The van der Waals surface area contributed by atoms with E-state index in [4.69, 9.17) is 4.74 Å². The highest BCUT2D eigenvalue weighted by Crippen LogP contribution is 2.24. The monoisotopic (exact) mass is 332 g/mol. The molecule has 5 heteroatoms. The molecule has 1 aromatic heterocycles. The topological polar surface area (TPSA) is 65.3 Å². The summed E-state index contributed by atoms with van der Waals surface area (Å²) in [6.07, 6.45) is 5.42. The minimum Gasteiger partial charge on any atom is -0.490 e. The molecule has 25 heavy (non-hydrogen) atoms. The molecule has 0 atom stereocenters. The van der Waals surface area contributed by atoms with Crippen LogP contribution < -0.4 is 4.74 Å². The molecule has 0 unspecified atom stereocenters. The molecule has 0 spiro atoms. The Balaban J connectivity index is 1.84. The Labute approximate surface area is 145 Å². The summed E-state index contributed by atoms with van der Waals surface area (Å²) < 4.78 is 5.44. The van der Waals surface area contributed by atoms with E-state index in [0.717, 1.165) is 16.7 Å². The number of benzene rings is 2. The molecule has 0 N–H and O–H groups in total. The van der Waals surface area contributed by atoms with Crippen molar-refractivity contribution in [3.63, 3.8) is 0 Å². The first-order valence-corrected chi connectivity index (χ1v) is 7.73. The molecule has 0 saturated carbocycles. The summed E-state index contributed by atoms with van der Waals surface area (Å²) in [4.78, 5) is 15.1.